The lowest BCUT2D eigenvalue weighted by Crippen LogP contribution is -2.25. The van der Waals surface area contributed by atoms with E-state index in [0.29, 0.717) is 13.2 Å². The van der Waals surface area contributed by atoms with Gasteiger partial charge in [0.2, 0.25) is 0 Å². The van der Waals surface area contributed by atoms with E-state index in [4.69, 9.17) is 4.74 Å². The highest BCUT2D eigenvalue weighted by Gasteiger charge is 2.03. The molecule has 0 saturated heterocycles. The molecule has 0 aliphatic carbocycles. The van der Waals surface area contributed by atoms with E-state index < -0.39 is 0 Å². The van der Waals surface area contributed by atoms with Crippen molar-refractivity contribution in [3.8, 4) is 5.75 Å². The van der Waals surface area contributed by atoms with Crippen molar-refractivity contribution >= 4 is 0 Å². The summed E-state index contributed by atoms with van der Waals surface area (Å²) < 4.78 is 5.52. The molecule has 3 nitrogen and oxygen atoms in total. The van der Waals surface area contributed by atoms with Gasteiger partial charge in [-0.25, -0.2) is 0 Å². The molecular formula is C13H21NO2. The number of aliphatic hydroxyl groups is 1. The van der Waals surface area contributed by atoms with Crippen molar-refractivity contribution in [1.82, 2.24) is 5.32 Å². The standard InChI is InChI=1S/C13H21NO2/c1-3-12(15)10-14-9-11-7-5-6-8-13(11)16-4-2/h5-8,12,14-15H,3-4,9-10H2,1-2H3. The second-order valence-corrected chi connectivity index (χ2v) is 3.73. The molecule has 0 aromatic heterocycles. The van der Waals surface area contributed by atoms with Crippen LogP contribution in [0.15, 0.2) is 24.3 Å². The van der Waals surface area contributed by atoms with Crippen LogP contribution in [0.3, 0.4) is 0 Å². The minimum absolute atomic E-state index is 0.265. The minimum Gasteiger partial charge on any atom is -0.494 e. The van der Waals surface area contributed by atoms with Crippen LogP contribution < -0.4 is 10.1 Å². The maximum absolute atomic E-state index is 9.41. The van der Waals surface area contributed by atoms with Gasteiger partial charge < -0.3 is 15.2 Å². The van der Waals surface area contributed by atoms with Gasteiger partial charge in [-0.05, 0) is 19.4 Å². The molecule has 90 valence electrons. The van der Waals surface area contributed by atoms with Gasteiger partial charge in [-0.2, -0.15) is 0 Å². The van der Waals surface area contributed by atoms with Gasteiger partial charge in [0.25, 0.3) is 0 Å². The Labute approximate surface area is 97.4 Å². The fourth-order valence-electron chi connectivity index (χ4n) is 1.46. The third-order valence-electron chi connectivity index (χ3n) is 2.44. The SMILES string of the molecule is CCOc1ccccc1CNCC(O)CC. The molecule has 0 saturated carbocycles. The Bertz CT molecular complexity index is 302. The van der Waals surface area contributed by atoms with Crippen LogP contribution in [0.5, 0.6) is 5.75 Å². The van der Waals surface area contributed by atoms with E-state index in [2.05, 4.69) is 5.32 Å². The lowest BCUT2D eigenvalue weighted by Gasteiger charge is -2.12. The summed E-state index contributed by atoms with van der Waals surface area (Å²) in [6, 6.07) is 7.97. The van der Waals surface area contributed by atoms with Crippen LogP contribution in [0.4, 0.5) is 0 Å². The zero-order valence-electron chi connectivity index (χ0n) is 10.1. The molecule has 0 spiro atoms. The highest BCUT2D eigenvalue weighted by molar-refractivity contribution is 5.33. The summed E-state index contributed by atoms with van der Waals surface area (Å²) in [4.78, 5) is 0. The first-order chi connectivity index (χ1) is 7.77. The maximum Gasteiger partial charge on any atom is 0.123 e. The molecule has 0 bridgehead atoms. The van der Waals surface area contributed by atoms with Gasteiger partial charge in [0.05, 0.1) is 12.7 Å². The number of hydrogen-bond acceptors (Lipinski definition) is 3. The van der Waals surface area contributed by atoms with Gasteiger partial charge in [-0.3, -0.25) is 0 Å². The van der Waals surface area contributed by atoms with Crippen LogP contribution in [0.1, 0.15) is 25.8 Å². The molecule has 0 fully saturated rings. The lowest BCUT2D eigenvalue weighted by molar-refractivity contribution is 0.167. The molecule has 1 aromatic carbocycles. The molecule has 2 N–H and O–H groups in total. The molecule has 1 rings (SSSR count). The number of rotatable bonds is 7. The van der Waals surface area contributed by atoms with Crippen LogP contribution in [-0.2, 0) is 6.54 Å². The fraction of sp³-hybridized carbons (Fsp3) is 0.538. The second kappa shape index (κ2) is 7.25. The monoisotopic (exact) mass is 223 g/mol. The average Bonchev–Trinajstić information content (AvgIpc) is 2.31. The first-order valence-corrected chi connectivity index (χ1v) is 5.87. The predicted octanol–water partition coefficient (Wildman–Crippen LogP) is 1.95. The number of hydrogen-bond donors (Lipinski definition) is 2. The van der Waals surface area contributed by atoms with E-state index in [9.17, 15) is 5.11 Å². The molecule has 1 atom stereocenters. The van der Waals surface area contributed by atoms with Gasteiger partial charge in [0, 0.05) is 18.7 Å². The summed E-state index contributed by atoms with van der Waals surface area (Å²) in [5, 5.41) is 12.6. The highest BCUT2D eigenvalue weighted by Crippen LogP contribution is 2.17. The third kappa shape index (κ3) is 4.21. The molecule has 1 unspecified atom stereocenters. The lowest BCUT2D eigenvalue weighted by atomic mass is 10.2. The molecule has 0 heterocycles. The summed E-state index contributed by atoms with van der Waals surface area (Å²) >= 11 is 0. The molecule has 16 heavy (non-hydrogen) atoms. The smallest absolute Gasteiger partial charge is 0.123 e. The Morgan fingerprint density at radius 3 is 2.75 bits per heavy atom. The summed E-state index contributed by atoms with van der Waals surface area (Å²) in [5.74, 6) is 0.920. The molecule has 0 amide bonds. The molecule has 3 heteroatoms. The summed E-state index contributed by atoms with van der Waals surface area (Å²) in [5.41, 5.74) is 1.13. The van der Waals surface area contributed by atoms with Gasteiger partial charge in [0.15, 0.2) is 0 Å². The average molecular weight is 223 g/mol. The topological polar surface area (TPSA) is 41.5 Å². The van der Waals surface area contributed by atoms with Crippen molar-refractivity contribution in [1.29, 1.82) is 0 Å². The van der Waals surface area contributed by atoms with Crippen LogP contribution >= 0.6 is 0 Å². The van der Waals surface area contributed by atoms with Crippen molar-refractivity contribution in [3.05, 3.63) is 29.8 Å². The van der Waals surface area contributed by atoms with Crippen molar-refractivity contribution < 1.29 is 9.84 Å². The van der Waals surface area contributed by atoms with Crippen LogP contribution in [0.2, 0.25) is 0 Å². The second-order valence-electron chi connectivity index (χ2n) is 3.73. The minimum atomic E-state index is -0.265. The zero-order chi connectivity index (χ0) is 11.8. The molecule has 0 radical (unpaired) electrons. The van der Waals surface area contributed by atoms with Crippen LogP contribution in [0.25, 0.3) is 0 Å². The van der Waals surface area contributed by atoms with E-state index >= 15 is 0 Å². The highest BCUT2D eigenvalue weighted by atomic mass is 16.5. The Morgan fingerprint density at radius 1 is 1.31 bits per heavy atom. The number of aliphatic hydroxyl groups excluding tert-OH is 1. The largest absolute Gasteiger partial charge is 0.494 e. The number of ether oxygens (including phenoxy) is 1. The maximum atomic E-state index is 9.41. The zero-order valence-corrected chi connectivity index (χ0v) is 10.1. The van der Waals surface area contributed by atoms with Gasteiger partial charge in [-0.1, -0.05) is 25.1 Å². The van der Waals surface area contributed by atoms with Crippen LogP contribution in [0, 0.1) is 0 Å². The normalized spacial score (nSPS) is 12.4. The van der Waals surface area contributed by atoms with Crippen molar-refractivity contribution in [2.45, 2.75) is 32.9 Å². The Hall–Kier alpha value is -1.06. The van der Waals surface area contributed by atoms with Crippen molar-refractivity contribution in [2.24, 2.45) is 0 Å². The van der Waals surface area contributed by atoms with E-state index in [1.165, 1.54) is 0 Å². The first kappa shape index (κ1) is 13.0. The quantitative estimate of drug-likeness (QED) is 0.742. The van der Waals surface area contributed by atoms with Gasteiger partial charge in [0.1, 0.15) is 5.75 Å². The van der Waals surface area contributed by atoms with Crippen molar-refractivity contribution in [3.63, 3.8) is 0 Å². The summed E-state index contributed by atoms with van der Waals surface area (Å²) in [6.07, 6.45) is 0.513. The van der Waals surface area contributed by atoms with E-state index in [0.717, 1.165) is 24.3 Å². The number of benzene rings is 1. The fourth-order valence-corrected chi connectivity index (χ4v) is 1.46. The Morgan fingerprint density at radius 2 is 2.06 bits per heavy atom. The summed E-state index contributed by atoms with van der Waals surface area (Å²) in [6.45, 7) is 5.98. The first-order valence-electron chi connectivity index (χ1n) is 5.87. The molecule has 1 aromatic rings. The molecule has 0 aliphatic rings. The van der Waals surface area contributed by atoms with Crippen LogP contribution in [-0.4, -0.2) is 24.4 Å². The molecule has 0 aliphatic heterocycles. The van der Waals surface area contributed by atoms with E-state index in [-0.39, 0.29) is 6.10 Å². The van der Waals surface area contributed by atoms with E-state index in [1.807, 2.05) is 38.1 Å². The van der Waals surface area contributed by atoms with Crippen molar-refractivity contribution in [2.75, 3.05) is 13.2 Å². The number of nitrogens with one attached hydrogen (secondary N) is 1. The summed E-state index contributed by atoms with van der Waals surface area (Å²) in [7, 11) is 0. The Kier molecular flexibility index (Phi) is 5.90. The molecular weight excluding hydrogens is 202 g/mol. The third-order valence-corrected chi connectivity index (χ3v) is 2.44. The Balaban J connectivity index is 2.46. The van der Waals surface area contributed by atoms with Gasteiger partial charge >= 0.3 is 0 Å². The number of para-hydroxylation sites is 1. The predicted molar refractivity (Wildman–Crippen MR) is 65.6 cm³/mol. The van der Waals surface area contributed by atoms with Gasteiger partial charge in [-0.15, -0.1) is 0 Å². The van der Waals surface area contributed by atoms with E-state index in [1.54, 1.807) is 0 Å².